The summed E-state index contributed by atoms with van der Waals surface area (Å²) in [5.41, 5.74) is 6.95. The van der Waals surface area contributed by atoms with E-state index in [1.807, 2.05) is 13.1 Å². The highest BCUT2D eigenvalue weighted by Crippen LogP contribution is 2.39. The highest BCUT2D eigenvalue weighted by molar-refractivity contribution is 6.31. The molecule has 5 heteroatoms. The SMILES string of the molecule is Cc1ccc(-c2c(C(C)OC(C)(C)C)c(C)nc3c2ccn3Cc2ccc(F)cc2Cl)cc1. The Hall–Kier alpha value is -2.69. The molecule has 4 aromatic rings. The van der Waals surface area contributed by atoms with Crippen LogP contribution in [0, 0.1) is 19.7 Å². The third kappa shape index (κ3) is 4.97. The number of fused-ring (bicyclic) bond motifs is 1. The molecule has 0 saturated carbocycles. The van der Waals surface area contributed by atoms with Crippen LogP contribution in [0.3, 0.4) is 0 Å². The summed E-state index contributed by atoms with van der Waals surface area (Å²) in [4.78, 5) is 5.00. The van der Waals surface area contributed by atoms with Gasteiger partial charge in [0.2, 0.25) is 0 Å². The molecule has 1 atom stereocenters. The van der Waals surface area contributed by atoms with E-state index in [0.29, 0.717) is 11.6 Å². The first kappa shape index (κ1) is 23.5. The Kier molecular flexibility index (Phi) is 6.35. The fourth-order valence-electron chi connectivity index (χ4n) is 4.41. The van der Waals surface area contributed by atoms with Gasteiger partial charge in [-0.25, -0.2) is 9.37 Å². The van der Waals surface area contributed by atoms with E-state index in [1.54, 1.807) is 6.07 Å². The van der Waals surface area contributed by atoms with Crippen LogP contribution in [0.2, 0.25) is 5.02 Å². The topological polar surface area (TPSA) is 27.1 Å². The molecule has 0 radical (unpaired) electrons. The van der Waals surface area contributed by atoms with Crippen LogP contribution in [0.5, 0.6) is 0 Å². The van der Waals surface area contributed by atoms with Gasteiger partial charge in [0.05, 0.1) is 18.2 Å². The number of ether oxygens (including phenoxy) is 1. The van der Waals surface area contributed by atoms with E-state index in [1.165, 1.54) is 17.7 Å². The molecule has 2 aromatic heterocycles. The molecule has 0 bridgehead atoms. The fraction of sp³-hybridized carbons (Fsp3) is 0.321. The monoisotopic (exact) mass is 464 g/mol. The minimum atomic E-state index is -0.339. The summed E-state index contributed by atoms with van der Waals surface area (Å²) in [6, 6.07) is 15.2. The van der Waals surface area contributed by atoms with Crippen LogP contribution in [-0.4, -0.2) is 15.2 Å². The molecule has 0 amide bonds. The summed E-state index contributed by atoms with van der Waals surface area (Å²) in [5, 5.41) is 1.47. The summed E-state index contributed by atoms with van der Waals surface area (Å²) in [6.45, 7) is 12.9. The van der Waals surface area contributed by atoms with Gasteiger partial charge in [-0.05, 0) is 70.9 Å². The van der Waals surface area contributed by atoms with Crippen molar-refractivity contribution in [3.8, 4) is 11.1 Å². The molecule has 2 heterocycles. The second-order valence-corrected chi connectivity index (χ2v) is 10.0. The zero-order valence-electron chi connectivity index (χ0n) is 20.0. The predicted octanol–water partition coefficient (Wildman–Crippen LogP) is 8.04. The van der Waals surface area contributed by atoms with E-state index >= 15 is 0 Å². The van der Waals surface area contributed by atoms with Gasteiger partial charge >= 0.3 is 0 Å². The van der Waals surface area contributed by atoms with Gasteiger partial charge in [-0.2, -0.15) is 0 Å². The van der Waals surface area contributed by atoms with Gasteiger partial charge in [0, 0.05) is 33.4 Å². The lowest BCUT2D eigenvalue weighted by Gasteiger charge is -2.28. The van der Waals surface area contributed by atoms with Crippen molar-refractivity contribution in [1.82, 2.24) is 9.55 Å². The van der Waals surface area contributed by atoms with Crippen molar-refractivity contribution in [3.05, 3.63) is 88.0 Å². The van der Waals surface area contributed by atoms with Crippen molar-refractivity contribution in [2.75, 3.05) is 0 Å². The zero-order chi connectivity index (χ0) is 23.9. The molecule has 1 unspecified atom stereocenters. The molecule has 172 valence electrons. The van der Waals surface area contributed by atoms with Crippen LogP contribution >= 0.6 is 11.6 Å². The average molecular weight is 465 g/mol. The quantitative estimate of drug-likeness (QED) is 0.299. The molecular weight excluding hydrogens is 435 g/mol. The van der Waals surface area contributed by atoms with Gasteiger partial charge in [-0.3, -0.25) is 0 Å². The largest absolute Gasteiger partial charge is 0.368 e. The van der Waals surface area contributed by atoms with E-state index < -0.39 is 0 Å². The van der Waals surface area contributed by atoms with Crippen LogP contribution in [0.1, 0.15) is 56.2 Å². The van der Waals surface area contributed by atoms with Crippen LogP contribution in [0.25, 0.3) is 22.2 Å². The van der Waals surface area contributed by atoms with E-state index in [4.69, 9.17) is 21.3 Å². The number of halogens is 2. The predicted molar refractivity (Wildman–Crippen MR) is 134 cm³/mol. The van der Waals surface area contributed by atoms with E-state index in [0.717, 1.165) is 39.0 Å². The highest BCUT2D eigenvalue weighted by atomic mass is 35.5. The lowest BCUT2D eigenvalue weighted by molar-refractivity contribution is -0.0530. The number of rotatable bonds is 5. The number of aryl methyl sites for hydroxylation is 2. The highest BCUT2D eigenvalue weighted by Gasteiger charge is 2.25. The lowest BCUT2D eigenvalue weighted by atomic mass is 9.92. The number of pyridine rings is 1. The summed E-state index contributed by atoms with van der Waals surface area (Å²) < 4.78 is 22.0. The van der Waals surface area contributed by atoms with Crippen molar-refractivity contribution in [2.45, 2.75) is 59.8 Å². The third-order valence-electron chi connectivity index (χ3n) is 5.77. The lowest BCUT2D eigenvalue weighted by Crippen LogP contribution is -2.22. The summed E-state index contributed by atoms with van der Waals surface area (Å²) in [6.07, 6.45) is 1.89. The van der Waals surface area contributed by atoms with Crippen molar-refractivity contribution < 1.29 is 9.13 Å². The first-order valence-corrected chi connectivity index (χ1v) is 11.6. The van der Waals surface area contributed by atoms with Gasteiger partial charge < -0.3 is 9.30 Å². The smallest absolute Gasteiger partial charge is 0.141 e. The van der Waals surface area contributed by atoms with Crippen molar-refractivity contribution >= 4 is 22.6 Å². The van der Waals surface area contributed by atoms with Gasteiger partial charge in [0.15, 0.2) is 0 Å². The van der Waals surface area contributed by atoms with Crippen LogP contribution in [0.4, 0.5) is 4.39 Å². The number of aromatic nitrogens is 2. The van der Waals surface area contributed by atoms with Gasteiger partial charge in [-0.1, -0.05) is 47.5 Å². The summed E-state index contributed by atoms with van der Waals surface area (Å²) in [5.74, 6) is -0.339. The molecule has 4 rings (SSSR count). The van der Waals surface area contributed by atoms with Gasteiger partial charge in [-0.15, -0.1) is 0 Å². The molecule has 3 nitrogen and oxygen atoms in total. The Morgan fingerprint density at radius 3 is 2.39 bits per heavy atom. The molecule has 2 aromatic carbocycles. The van der Waals surface area contributed by atoms with Crippen LogP contribution in [-0.2, 0) is 11.3 Å². The maximum absolute atomic E-state index is 13.5. The van der Waals surface area contributed by atoms with E-state index in [-0.39, 0.29) is 17.5 Å². The van der Waals surface area contributed by atoms with Crippen LogP contribution in [0.15, 0.2) is 54.7 Å². The summed E-state index contributed by atoms with van der Waals surface area (Å²) in [7, 11) is 0. The molecule has 0 aliphatic rings. The maximum atomic E-state index is 13.5. The number of hydrogen-bond donors (Lipinski definition) is 0. The van der Waals surface area contributed by atoms with Gasteiger partial charge in [0.1, 0.15) is 11.5 Å². The molecule has 0 aliphatic heterocycles. The Morgan fingerprint density at radius 1 is 1.06 bits per heavy atom. The van der Waals surface area contributed by atoms with Crippen molar-refractivity contribution in [1.29, 1.82) is 0 Å². The maximum Gasteiger partial charge on any atom is 0.141 e. The molecule has 0 aliphatic carbocycles. The molecule has 0 saturated heterocycles. The Morgan fingerprint density at radius 2 is 1.76 bits per heavy atom. The average Bonchev–Trinajstić information content (AvgIpc) is 3.10. The fourth-order valence-corrected chi connectivity index (χ4v) is 4.63. The molecule has 0 N–H and O–H groups in total. The Labute approximate surface area is 200 Å². The Balaban J connectivity index is 1.91. The number of nitrogens with zero attached hydrogens (tertiary/aromatic N) is 2. The van der Waals surface area contributed by atoms with Crippen LogP contribution < -0.4 is 0 Å². The van der Waals surface area contributed by atoms with Gasteiger partial charge in [0.25, 0.3) is 0 Å². The summed E-state index contributed by atoms with van der Waals surface area (Å²) >= 11 is 6.31. The van der Waals surface area contributed by atoms with E-state index in [9.17, 15) is 4.39 Å². The van der Waals surface area contributed by atoms with Crippen molar-refractivity contribution in [2.24, 2.45) is 0 Å². The normalized spacial score (nSPS) is 13.0. The second kappa shape index (κ2) is 8.92. The molecular formula is C28H30ClFN2O. The molecule has 0 fully saturated rings. The van der Waals surface area contributed by atoms with E-state index in [2.05, 4.69) is 69.5 Å². The molecule has 33 heavy (non-hydrogen) atoms. The first-order valence-electron chi connectivity index (χ1n) is 11.2. The first-order chi connectivity index (χ1) is 15.5. The third-order valence-corrected chi connectivity index (χ3v) is 6.12. The Bertz CT molecular complexity index is 1300. The zero-order valence-corrected chi connectivity index (χ0v) is 20.8. The standard InChI is InChI=1S/C28H30ClFN2O/c1-17-7-9-20(10-8-17)26-23-13-14-32(16-21-11-12-22(30)15-24(21)29)27(23)31-18(2)25(26)19(3)33-28(4,5)6/h7-15,19H,16H2,1-6H3. The molecule has 0 spiro atoms. The second-order valence-electron chi connectivity index (χ2n) is 9.64. The minimum absolute atomic E-state index is 0.131. The number of benzene rings is 2. The minimum Gasteiger partial charge on any atom is -0.368 e. The number of hydrogen-bond acceptors (Lipinski definition) is 2. The van der Waals surface area contributed by atoms with Crippen molar-refractivity contribution in [3.63, 3.8) is 0 Å².